The summed E-state index contributed by atoms with van der Waals surface area (Å²) in [5.74, 6) is 0. The fourth-order valence-electron chi connectivity index (χ4n) is 2.63. The Morgan fingerprint density at radius 1 is 1.26 bits per heavy atom. The van der Waals surface area contributed by atoms with Crippen LogP contribution >= 0.6 is 0 Å². The van der Waals surface area contributed by atoms with Crippen LogP contribution in [0.25, 0.3) is 0 Å². The summed E-state index contributed by atoms with van der Waals surface area (Å²) < 4.78 is 27.6. The van der Waals surface area contributed by atoms with Gasteiger partial charge in [-0.2, -0.15) is 0 Å². The van der Waals surface area contributed by atoms with E-state index in [-0.39, 0.29) is 17.5 Å². The fraction of sp³-hybridized carbons (Fsp3) is 0.571. The molecule has 0 amide bonds. The van der Waals surface area contributed by atoms with Crippen LogP contribution in [0.2, 0.25) is 0 Å². The molecule has 0 unspecified atom stereocenters. The van der Waals surface area contributed by atoms with Crippen molar-refractivity contribution >= 4 is 10.0 Å². The maximum absolute atomic E-state index is 12.4. The van der Waals surface area contributed by atoms with E-state index in [0.29, 0.717) is 11.1 Å². The fourth-order valence-corrected chi connectivity index (χ4v) is 4.22. The van der Waals surface area contributed by atoms with Crippen molar-refractivity contribution in [1.82, 2.24) is 4.72 Å². The summed E-state index contributed by atoms with van der Waals surface area (Å²) in [4.78, 5) is 0.282. The van der Waals surface area contributed by atoms with E-state index >= 15 is 0 Å². The molecule has 0 atom stereocenters. The van der Waals surface area contributed by atoms with Crippen LogP contribution < -0.4 is 4.72 Å². The highest BCUT2D eigenvalue weighted by Gasteiger charge is 2.23. The van der Waals surface area contributed by atoms with Crippen LogP contribution in [0.3, 0.4) is 0 Å². The molecule has 1 aliphatic carbocycles. The zero-order valence-electron chi connectivity index (χ0n) is 11.2. The summed E-state index contributed by atoms with van der Waals surface area (Å²) in [7, 11) is -3.48. The van der Waals surface area contributed by atoms with Gasteiger partial charge < -0.3 is 5.11 Å². The zero-order valence-corrected chi connectivity index (χ0v) is 12.0. The van der Waals surface area contributed by atoms with Gasteiger partial charge in [0.2, 0.25) is 10.0 Å². The van der Waals surface area contributed by atoms with E-state index in [1.807, 2.05) is 0 Å². The molecule has 0 saturated heterocycles. The van der Waals surface area contributed by atoms with Gasteiger partial charge in [-0.05, 0) is 37.0 Å². The van der Waals surface area contributed by atoms with Crippen molar-refractivity contribution in [2.75, 3.05) is 0 Å². The Balaban J connectivity index is 2.23. The number of benzene rings is 1. The lowest BCUT2D eigenvalue weighted by atomic mass is 9.96. The van der Waals surface area contributed by atoms with Gasteiger partial charge in [0.05, 0.1) is 11.5 Å². The molecule has 0 aromatic heterocycles. The van der Waals surface area contributed by atoms with Crippen molar-refractivity contribution in [3.8, 4) is 0 Å². The first-order valence-corrected chi connectivity index (χ1v) is 8.24. The first-order chi connectivity index (χ1) is 9.04. The second kappa shape index (κ2) is 6.03. The first-order valence-electron chi connectivity index (χ1n) is 6.76. The van der Waals surface area contributed by atoms with Crippen molar-refractivity contribution in [3.63, 3.8) is 0 Å². The Bertz CT molecular complexity index is 534. The van der Waals surface area contributed by atoms with Crippen LogP contribution in [0.4, 0.5) is 0 Å². The molecule has 0 aliphatic heterocycles. The van der Waals surface area contributed by atoms with E-state index in [1.54, 1.807) is 25.1 Å². The smallest absolute Gasteiger partial charge is 0.241 e. The third-order valence-corrected chi connectivity index (χ3v) is 5.45. The third-order valence-electron chi connectivity index (χ3n) is 3.78. The lowest BCUT2D eigenvalue weighted by molar-refractivity contribution is 0.280. The first kappa shape index (κ1) is 14.5. The van der Waals surface area contributed by atoms with Crippen LogP contribution in [0.1, 0.15) is 43.2 Å². The largest absolute Gasteiger partial charge is 0.392 e. The van der Waals surface area contributed by atoms with Crippen molar-refractivity contribution in [1.29, 1.82) is 0 Å². The number of sulfonamides is 1. The Morgan fingerprint density at radius 3 is 2.58 bits per heavy atom. The molecule has 2 N–H and O–H groups in total. The van der Waals surface area contributed by atoms with Crippen molar-refractivity contribution in [3.05, 3.63) is 29.3 Å². The standard InChI is InChI=1S/C14H21NO3S/c1-11-12(10-16)6-5-9-14(11)19(17,18)15-13-7-3-2-4-8-13/h5-6,9,13,15-16H,2-4,7-8,10H2,1H3. The minimum Gasteiger partial charge on any atom is -0.392 e. The quantitative estimate of drug-likeness (QED) is 0.889. The van der Waals surface area contributed by atoms with Gasteiger partial charge in [-0.25, -0.2) is 13.1 Å². The molecule has 1 aliphatic rings. The van der Waals surface area contributed by atoms with E-state index in [2.05, 4.69) is 4.72 Å². The Kier molecular flexibility index (Phi) is 4.60. The molecule has 4 nitrogen and oxygen atoms in total. The van der Waals surface area contributed by atoms with E-state index in [0.717, 1.165) is 25.7 Å². The molecule has 0 spiro atoms. The Labute approximate surface area is 114 Å². The molecule has 1 aromatic carbocycles. The highest BCUT2D eigenvalue weighted by Crippen LogP contribution is 2.22. The molecule has 1 fully saturated rings. The Hall–Kier alpha value is -0.910. The van der Waals surface area contributed by atoms with Gasteiger partial charge in [-0.15, -0.1) is 0 Å². The SMILES string of the molecule is Cc1c(CO)cccc1S(=O)(=O)NC1CCCCC1. The number of aliphatic hydroxyl groups excluding tert-OH is 1. The molecule has 1 saturated carbocycles. The number of hydrogen-bond acceptors (Lipinski definition) is 3. The van der Waals surface area contributed by atoms with Gasteiger partial charge in [-0.3, -0.25) is 0 Å². The summed E-state index contributed by atoms with van der Waals surface area (Å²) >= 11 is 0. The average molecular weight is 283 g/mol. The third kappa shape index (κ3) is 3.35. The van der Waals surface area contributed by atoms with Crippen molar-refractivity contribution in [2.45, 2.75) is 56.6 Å². The summed E-state index contributed by atoms with van der Waals surface area (Å²) in [6.07, 6.45) is 5.19. The number of rotatable bonds is 4. The number of nitrogens with one attached hydrogen (secondary N) is 1. The monoisotopic (exact) mass is 283 g/mol. The van der Waals surface area contributed by atoms with Gasteiger partial charge in [-0.1, -0.05) is 31.4 Å². The minimum atomic E-state index is -3.48. The van der Waals surface area contributed by atoms with Crippen LogP contribution in [-0.2, 0) is 16.6 Å². The molecule has 0 heterocycles. The summed E-state index contributed by atoms with van der Waals surface area (Å²) in [5, 5.41) is 9.21. The van der Waals surface area contributed by atoms with Crippen LogP contribution in [0, 0.1) is 6.92 Å². The molecule has 2 rings (SSSR count). The van der Waals surface area contributed by atoms with Crippen molar-refractivity contribution < 1.29 is 13.5 Å². The van der Waals surface area contributed by atoms with Crippen molar-refractivity contribution in [2.24, 2.45) is 0 Å². The van der Waals surface area contributed by atoms with Crippen LogP contribution in [0.15, 0.2) is 23.1 Å². The van der Waals surface area contributed by atoms with Gasteiger partial charge in [0.1, 0.15) is 0 Å². The summed E-state index contributed by atoms with van der Waals surface area (Å²) in [6, 6.07) is 5.07. The zero-order chi connectivity index (χ0) is 13.9. The molecule has 5 heteroatoms. The predicted molar refractivity (Wildman–Crippen MR) is 74.3 cm³/mol. The highest BCUT2D eigenvalue weighted by atomic mass is 32.2. The predicted octanol–water partition coefficient (Wildman–Crippen LogP) is 2.10. The summed E-state index contributed by atoms with van der Waals surface area (Å²) in [5.41, 5.74) is 1.29. The van der Waals surface area contributed by atoms with Crippen LogP contribution in [0.5, 0.6) is 0 Å². The molecule has 106 valence electrons. The molecule has 19 heavy (non-hydrogen) atoms. The van der Waals surface area contributed by atoms with E-state index in [9.17, 15) is 13.5 Å². The molecule has 1 aromatic rings. The Morgan fingerprint density at radius 2 is 1.95 bits per heavy atom. The molecular weight excluding hydrogens is 262 g/mol. The normalized spacial score (nSPS) is 17.6. The van der Waals surface area contributed by atoms with Gasteiger partial charge in [0, 0.05) is 6.04 Å². The maximum Gasteiger partial charge on any atom is 0.241 e. The second-order valence-corrected chi connectivity index (χ2v) is 6.84. The molecule has 0 bridgehead atoms. The average Bonchev–Trinajstić information content (AvgIpc) is 2.39. The highest BCUT2D eigenvalue weighted by molar-refractivity contribution is 7.89. The van der Waals surface area contributed by atoms with Gasteiger partial charge >= 0.3 is 0 Å². The van der Waals surface area contributed by atoms with Gasteiger partial charge in [0.25, 0.3) is 0 Å². The van der Waals surface area contributed by atoms with E-state index in [1.165, 1.54) is 6.42 Å². The van der Waals surface area contributed by atoms with E-state index in [4.69, 9.17) is 0 Å². The number of aliphatic hydroxyl groups is 1. The molecular formula is C14H21NO3S. The maximum atomic E-state index is 12.4. The second-order valence-electron chi connectivity index (χ2n) is 5.15. The van der Waals surface area contributed by atoms with Crippen LogP contribution in [-0.4, -0.2) is 19.6 Å². The lowest BCUT2D eigenvalue weighted by Crippen LogP contribution is -2.36. The topological polar surface area (TPSA) is 66.4 Å². The minimum absolute atomic E-state index is 0.0518. The van der Waals surface area contributed by atoms with E-state index < -0.39 is 10.0 Å². The molecule has 0 radical (unpaired) electrons. The summed E-state index contributed by atoms with van der Waals surface area (Å²) in [6.45, 7) is 1.60. The lowest BCUT2D eigenvalue weighted by Gasteiger charge is -2.23. The van der Waals surface area contributed by atoms with Gasteiger partial charge in [0.15, 0.2) is 0 Å². The number of hydrogen-bond donors (Lipinski definition) is 2.